The fraction of sp³-hybridized carbons (Fsp3) is 0.333. The molecule has 0 spiro atoms. The average Bonchev–Trinajstić information content (AvgIpc) is 2.35. The Bertz CT molecular complexity index is 323. The minimum absolute atomic E-state index is 0.0423. The highest BCUT2D eigenvalue weighted by Crippen LogP contribution is 2.35. The molecular weight excluding hydrogens is 154 g/mol. The molecule has 1 aromatic carbocycles. The van der Waals surface area contributed by atoms with Gasteiger partial charge in [0.05, 0.1) is 6.04 Å². The van der Waals surface area contributed by atoms with Crippen molar-refractivity contribution in [3.63, 3.8) is 0 Å². The summed E-state index contributed by atoms with van der Waals surface area (Å²) < 4.78 is 5.26. The molecule has 0 aromatic heterocycles. The lowest BCUT2D eigenvalue weighted by atomic mass is 10.1. The third-order valence-electron chi connectivity index (χ3n) is 2.15. The van der Waals surface area contributed by atoms with Crippen LogP contribution in [-0.2, 0) is 0 Å². The Labute approximate surface area is 70.8 Å². The van der Waals surface area contributed by atoms with Crippen LogP contribution in [0.1, 0.15) is 17.2 Å². The van der Waals surface area contributed by atoms with Crippen LogP contribution >= 0.6 is 0 Å². The Balaban J connectivity index is 2.56. The summed E-state index contributed by atoms with van der Waals surface area (Å²) in [5.41, 5.74) is 7.59. The highest BCUT2D eigenvalue weighted by Gasteiger charge is 2.21. The molecule has 64 valence electrons. The molecule has 12 heavy (non-hydrogen) atoms. The van der Waals surface area contributed by atoms with Gasteiger partial charge in [-0.3, -0.25) is 0 Å². The number of ether oxygens (including phenoxy) is 1. The SMILES string of the molecule is Cc1cc2c(cc1O)OCC2N. The number of benzene rings is 1. The monoisotopic (exact) mass is 165 g/mol. The predicted octanol–water partition coefficient (Wildman–Crippen LogP) is 1.09. The average molecular weight is 165 g/mol. The Morgan fingerprint density at radius 1 is 1.58 bits per heavy atom. The van der Waals surface area contributed by atoms with Crippen LogP contribution in [-0.4, -0.2) is 11.7 Å². The van der Waals surface area contributed by atoms with Crippen molar-refractivity contribution in [2.45, 2.75) is 13.0 Å². The molecule has 1 unspecified atom stereocenters. The van der Waals surface area contributed by atoms with E-state index in [1.165, 1.54) is 0 Å². The number of hydrogen-bond acceptors (Lipinski definition) is 3. The molecule has 2 rings (SSSR count). The third-order valence-corrected chi connectivity index (χ3v) is 2.15. The summed E-state index contributed by atoms with van der Waals surface area (Å²) in [5, 5.41) is 9.35. The molecule has 0 saturated carbocycles. The first-order valence-electron chi connectivity index (χ1n) is 3.90. The van der Waals surface area contributed by atoms with E-state index in [1.54, 1.807) is 6.07 Å². The normalized spacial score (nSPS) is 20.3. The van der Waals surface area contributed by atoms with Gasteiger partial charge in [0.15, 0.2) is 0 Å². The molecule has 1 aliphatic rings. The summed E-state index contributed by atoms with van der Waals surface area (Å²) in [7, 11) is 0. The van der Waals surface area contributed by atoms with Crippen molar-refractivity contribution in [2.75, 3.05) is 6.61 Å². The smallest absolute Gasteiger partial charge is 0.128 e. The number of hydrogen-bond donors (Lipinski definition) is 2. The summed E-state index contributed by atoms with van der Waals surface area (Å²) >= 11 is 0. The van der Waals surface area contributed by atoms with Crippen LogP contribution in [0.25, 0.3) is 0 Å². The molecule has 0 saturated heterocycles. The molecular formula is C9H11NO2. The summed E-state index contributed by atoms with van der Waals surface area (Å²) in [5.74, 6) is 0.980. The number of rotatable bonds is 0. The lowest BCUT2D eigenvalue weighted by Crippen LogP contribution is -2.10. The van der Waals surface area contributed by atoms with Gasteiger partial charge in [0.1, 0.15) is 18.1 Å². The first-order valence-corrected chi connectivity index (χ1v) is 3.90. The first-order chi connectivity index (χ1) is 5.68. The number of fused-ring (bicyclic) bond motifs is 1. The lowest BCUT2D eigenvalue weighted by Gasteiger charge is -2.03. The zero-order valence-corrected chi connectivity index (χ0v) is 6.87. The number of phenolic OH excluding ortho intramolecular Hbond substituents is 1. The topological polar surface area (TPSA) is 55.5 Å². The van der Waals surface area contributed by atoms with E-state index in [4.69, 9.17) is 10.5 Å². The van der Waals surface area contributed by atoms with Crippen LogP contribution in [0.3, 0.4) is 0 Å². The maximum Gasteiger partial charge on any atom is 0.128 e. The fourth-order valence-electron chi connectivity index (χ4n) is 1.38. The van der Waals surface area contributed by atoms with Gasteiger partial charge in [-0.1, -0.05) is 0 Å². The number of aryl methyl sites for hydroxylation is 1. The van der Waals surface area contributed by atoms with Crippen molar-refractivity contribution in [2.24, 2.45) is 5.73 Å². The van der Waals surface area contributed by atoms with Gasteiger partial charge in [-0.15, -0.1) is 0 Å². The summed E-state index contributed by atoms with van der Waals surface area (Å²) in [6.07, 6.45) is 0. The van der Waals surface area contributed by atoms with Crippen LogP contribution in [0.15, 0.2) is 12.1 Å². The highest BCUT2D eigenvalue weighted by atomic mass is 16.5. The molecule has 1 atom stereocenters. The van der Waals surface area contributed by atoms with E-state index in [0.29, 0.717) is 12.4 Å². The fourth-order valence-corrected chi connectivity index (χ4v) is 1.38. The molecule has 0 fully saturated rings. The Hall–Kier alpha value is -1.22. The van der Waals surface area contributed by atoms with E-state index >= 15 is 0 Å². The standard InChI is InChI=1S/C9H11NO2/c1-5-2-6-7(10)4-12-9(6)3-8(5)11/h2-3,7,11H,4,10H2,1H3. The minimum Gasteiger partial charge on any atom is -0.508 e. The quantitative estimate of drug-likeness (QED) is 0.605. The second kappa shape index (κ2) is 2.38. The Morgan fingerprint density at radius 3 is 3.08 bits per heavy atom. The van der Waals surface area contributed by atoms with Gasteiger partial charge in [-0.05, 0) is 18.6 Å². The minimum atomic E-state index is -0.0423. The van der Waals surface area contributed by atoms with E-state index in [0.717, 1.165) is 11.1 Å². The molecule has 3 heteroatoms. The zero-order chi connectivity index (χ0) is 8.72. The number of aromatic hydroxyl groups is 1. The maximum absolute atomic E-state index is 9.35. The van der Waals surface area contributed by atoms with Crippen LogP contribution in [0.2, 0.25) is 0 Å². The van der Waals surface area contributed by atoms with Crippen molar-refractivity contribution in [3.05, 3.63) is 23.3 Å². The van der Waals surface area contributed by atoms with Gasteiger partial charge in [0.2, 0.25) is 0 Å². The molecule has 0 aliphatic carbocycles. The van der Waals surface area contributed by atoms with E-state index in [9.17, 15) is 5.11 Å². The molecule has 0 radical (unpaired) electrons. The summed E-state index contributed by atoms with van der Waals surface area (Å²) in [6, 6.07) is 3.46. The largest absolute Gasteiger partial charge is 0.508 e. The van der Waals surface area contributed by atoms with Crippen molar-refractivity contribution < 1.29 is 9.84 Å². The van der Waals surface area contributed by atoms with E-state index < -0.39 is 0 Å². The third kappa shape index (κ3) is 0.940. The van der Waals surface area contributed by atoms with Gasteiger partial charge in [0.25, 0.3) is 0 Å². The molecule has 3 N–H and O–H groups in total. The molecule has 1 aromatic rings. The maximum atomic E-state index is 9.35. The molecule has 1 heterocycles. The van der Waals surface area contributed by atoms with Crippen molar-refractivity contribution in [1.29, 1.82) is 0 Å². The van der Waals surface area contributed by atoms with E-state index in [-0.39, 0.29) is 11.8 Å². The van der Waals surface area contributed by atoms with Gasteiger partial charge >= 0.3 is 0 Å². The molecule has 3 nitrogen and oxygen atoms in total. The van der Waals surface area contributed by atoms with Crippen LogP contribution in [0, 0.1) is 6.92 Å². The Morgan fingerprint density at radius 2 is 2.33 bits per heavy atom. The van der Waals surface area contributed by atoms with Gasteiger partial charge < -0.3 is 15.6 Å². The molecule has 0 bridgehead atoms. The van der Waals surface area contributed by atoms with Crippen LogP contribution in [0.5, 0.6) is 11.5 Å². The first kappa shape index (κ1) is 7.43. The second-order valence-electron chi connectivity index (χ2n) is 3.09. The van der Waals surface area contributed by atoms with Crippen molar-refractivity contribution in [3.8, 4) is 11.5 Å². The second-order valence-corrected chi connectivity index (χ2v) is 3.09. The lowest BCUT2D eigenvalue weighted by molar-refractivity contribution is 0.332. The van der Waals surface area contributed by atoms with E-state index in [1.807, 2.05) is 13.0 Å². The van der Waals surface area contributed by atoms with Crippen molar-refractivity contribution >= 4 is 0 Å². The molecule has 1 aliphatic heterocycles. The van der Waals surface area contributed by atoms with Crippen LogP contribution < -0.4 is 10.5 Å². The van der Waals surface area contributed by atoms with Gasteiger partial charge in [-0.2, -0.15) is 0 Å². The van der Waals surface area contributed by atoms with E-state index in [2.05, 4.69) is 0 Å². The number of phenols is 1. The van der Waals surface area contributed by atoms with Crippen LogP contribution in [0.4, 0.5) is 0 Å². The van der Waals surface area contributed by atoms with Crippen molar-refractivity contribution in [1.82, 2.24) is 0 Å². The van der Waals surface area contributed by atoms with Gasteiger partial charge in [0, 0.05) is 11.6 Å². The Kier molecular flexibility index (Phi) is 1.48. The predicted molar refractivity (Wildman–Crippen MR) is 45.3 cm³/mol. The summed E-state index contributed by atoms with van der Waals surface area (Å²) in [4.78, 5) is 0. The number of nitrogens with two attached hydrogens (primary N) is 1. The molecule has 0 amide bonds. The summed E-state index contributed by atoms with van der Waals surface area (Å²) in [6.45, 7) is 2.36. The van der Waals surface area contributed by atoms with Gasteiger partial charge in [-0.25, -0.2) is 0 Å². The highest BCUT2D eigenvalue weighted by molar-refractivity contribution is 5.48. The zero-order valence-electron chi connectivity index (χ0n) is 6.87.